The normalized spacial score (nSPS) is 17.5. The van der Waals surface area contributed by atoms with E-state index in [0.717, 1.165) is 45.2 Å². The molecule has 0 aromatic rings. The zero-order valence-electron chi connectivity index (χ0n) is 12.1. The Morgan fingerprint density at radius 2 is 1.67 bits per heavy atom. The lowest BCUT2D eigenvalue weighted by Crippen LogP contribution is -2.43. The van der Waals surface area contributed by atoms with Crippen LogP contribution in [0, 0.1) is 0 Å². The van der Waals surface area contributed by atoms with Gasteiger partial charge in [0.2, 0.25) is 0 Å². The summed E-state index contributed by atoms with van der Waals surface area (Å²) in [6.07, 6.45) is 3.41. The summed E-state index contributed by atoms with van der Waals surface area (Å²) in [5.74, 6) is 0. The Bertz CT molecular complexity index is 182. The van der Waals surface area contributed by atoms with Gasteiger partial charge in [0, 0.05) is 39.4 Å². The first-order valence-electron chi connectivity index (χ1n) is 7.53. The molecule has 0 atom stereocenters. The molecule has 1 saturated heterocycles. The standard InChI is InChI=1S/C13H30N2O2Si/c1-3-11-16-18(17-12-4-2)13-5-8-15-9-6-14-7-10-15/h14,18H,3-13H2,1-2H3. The monoisotopic (exact) mass is 274 g/mol. The van der Waals surface area contributed by atoms with Crippen LogP contribution < -0.4 is 5.32 Å². The van der Waals surface area contributed by atoms with Crippen molar-refractivity contribution >= 4 is 9.28 Å². The number of piperazine rings is 1. The summed E-state index contributed by atoms with van der Waals surface area (Å²) < 4.78 is 11.7. The lowest BCUT2D eigenvalue weighted by atomic mass is 10.3. The molecule has 1 heterocycles. The van der Waals surface area contributed by atoms with E-state index in [2.05, 4.69) is 24.1 Å². The molecule has 108 valence electrons. The van der Waals surface area contributed by atoms with Gasteiger partial charge < -0.3 is 19.1 Å². The lowest BCUT2D eigenvalue weighted by molar-refractivity contribution is 0.191. The smallest absolute Gasteiger partial charge is 0.321 e. The summed E-state index contributed by atoms with van der Waals surface area (Å²) >= 11 is 0. The van der Waals surface area contributed by atoms with Crippen LogP contribution in [0.3, 0.4) is 0 Å². The number of hydrogen-bond donors (Lipinski definition) is 1. The van der Waals surface area contributed by atoms with Crippen molar-refractivity contribution in [3.63, 3.8) is 0 Å². The van der Waals surface area contributed by atoms with Gasteiger partial charge in [0.1, 0.15) is 0 Å². The van der Waals surface area contributed by atoms with Gasteiger partial charge in [-0.1, -0.05) is 13.8 Å². The summed E-state index contributed by atoms with van der Waals surface area (Å²) in [5.41, 5.74) is 0. The molecule has 1 rings (SSSR count). The third kappa shape index (κ3) is 7.48. The first-order chi connectivity index (χ1) is 8.86. The van der Waals surface area contributed by atoms with Gasteiger partial charge >= 0.3 is 9.28 Å². The van der Waals surface area contributed by atoms with Crippen LogP contribution in [-0.4, -0.2) is 60.1 Å². The van der Waals surface area contributed by atoms with Crippen LogP contribution >= 0.6 is 0 Å². The van der Waals surface area contributed by atoms with Gasteiger partial charge in [-0.15, -0.1) is 0 Å². The van der Waals surface area contributed by atoms with Gasteiger partial charge in [-0.2, -0.15) is 0 Å². The van der Waals surface area contributed by atoms with E-state index in [1.54, 1.807) is 0 Å². The van der Waals surface area contributed by atoms with E-state index in [1.807, 2.05) is 0 Å². The highest BCUT2D eigenvalue weighted by Gasteiger charge is 2.14. The number of hydrogen-bond acceptors (Lipinski definition) is 4. The molecule has 0 amide bonds. The first-order valence-corrected chi connectivity index (χ1v) is 9.29. The van der Waals surface area contributed by atoms with E-state index in [9.17, 15) is 0 Å². The maximum atomic E-state index is 5.87. The highest BCUT2D eigenvalue weighted by molar-refractivity contribution is 6.44. The van der Waals surface area contributed by atoms with Gasteiger partial charge in [-0.3, -0.25) is 0 Å². The summed E-state index contributed by atoms with van der Waals surface area (Å²) in [4.78, 5) is 2.54. The third-order valence-corrected chi connectivity index (χ3v) is 5.23. The quantitative estimate of drug-likeness (QED) is 0.610. The third-order valence-electron chi connectivity index (χ3n) is 3.14. The molecule has 5 heteroatoms. The predicted molar refractivity (Wildman–Crippen MR) is 78.4 cm³/mol. The summed E-state index contributed by atoms with van der Waals surface area (Å²) in [5, 5.41) is 3.39. The second-order valence-corrected chi connectivity index (χ2v) is 7.01. The zero-order chi connectivity index (χ0) is 13.1. The molecule has 4 nitrogen and oxygen atoms in total. The van der Waals surface area contributed by atoms with E-state index in [0.29, 0.717) is 0 Å². The van der Waals surface area contributed by atoms with E-state index in [-0.39, 0.29) is 0 Å². The fourth-order valence-corrected chi connectivity index (χ4v) is 4.07. The van der Waals surface area contributed by atoms with Gasteiger partial charge in [0.15, 0.2) is 0 Å². The van der Waals surface area contributed by atoms with Crippen molar-refractivity contribution in [3.05, 3.63) is 0 Å². The Kier molecular flexibility index (Phi) is 9.79. The van der Waals surface area contributed by atoms with Crippen LogP contribution in [0.25, 0.3) is 0 Å². The molecule has 0 bridgehead atoms. The molecule has 0 spiro atoms. The number of rotatable bonds is 10. The Morgan fingerprint density at radius 1 is 1.06 bits per heavy atom. The Balaban J connectivity index is 2.10. The maximum Gasteiger partial charge on any atom is 0.321 e. The zero-order valence-corrected chi connectivity index (χ0v) is 13.3. The van der Waals surface area contributed by atoms with Crippen molar-refractivity contribution in [2.75, 3.05) is 45.9 Å². The minimum absolute atomic E-state index is 0.869. The largest absolute Gasteiger partial charge is 0.397 e. The molecule has 0 aromatic heterocycles. The maximum absolute atomic E-state index is 5.87. The average Bonchev–Trinajstić information content (AvgIpc) is 2.42. The van der Waals surface area contributed by atoms with Gasteiger partial charge in [-0.05, 0) is 31.9 Å². The highest BCUT2D eigenvalue weighted by Crippen LogP contribution is 2.05. The van der Waals surface area contributed by atoms with Gasteiger partial charge in [0.05, 0.1) is 0 Å². The SMILES string of the molecule is CCCO[SiH](CCCN1CCNCC1)OCCC. The average molecular weight is 274 g/mol. The molecular formula is C13H30N2O2Si. The van der Waals surface area contributed by atoms with Crippen molar-refractivity contribution in [2.24, 2.45) is 0 Å². The minimum atomic E-state index is -1.38. The Morgan fingerprint density at radius 3 is 2.22 bits per heavy atom. The molecule has 0 saturated carbocycles. The van der Waals surface area contributed by atoms with Crippen molar-refractivity contribution in [1.29, 1.82) is 0 Å². The summed E-state index contributed by atoms with van der Waals surface area (Å²) in [6, 6.07) is 1.16. The van der Waals surface area contributed by atoms with E-state index in [1.165, 1.54) is 26.1 Å². The van der Waals surface area contributed by atoms with Crippen LogP contribution in [-0.2, 0) is 8.85 Å². The highest BCUT2D eigenvalue weighted by atomic mass is 28.3. The first kappa shape index (κ1) is 16.1. The van der Waals surface area contributed by atoms with Crippen LogP contribution in [0.15, 0.2) is 0 Å². The molecule has 0 aromatic carbocycles. The molecule has 0 radical (unpaired) electrons. The fourth-order valence-electron chi connectivity index (χ4n) is 2.13. The lowest BCUT2D eigenvalue weighted by Gasteiger charge is -2.27. The summed E-state index contributed by atoms with van der Waals surface area (Å²) in [7, 11) is -1.38. The van der Waals surface area contributed by atoms with E-state index < -0.39 is 9.28 Å². The van der Waals surface area contributed by atoms with Crippen molar-refractivity contribution in [3.8, 4) is 0 Å². The predicted octanol–water partition coefficient (Wildman–Crippen LogP) is 1.36. The van der Waals surface area contributed by atoms with Crippen LogP contribution in [0.2, 0.25) is 6.04 Å². The molecule has 1 aliphatic rings. The molecule has 18 heavy (non-hydrogen) atoms. The number of nitrogens with one attached hydrogen (secondary N) is 1. The van der Waals surface area contributed by atoms with Crippen LogP contribution in [0.5, 0.6) is 0 Å². The van der Waals surface area contributed by atoms with E-state index >= 15 is 0 Å². The molecular weight excluding hydrogens is 244 g/mol. The second-order valence-electron chi connectivity index (χ2n) is 4.91. The van der Waals surface area contributed by atoms with Crippen molar-refractivity contribution in [1.82, 2.24) is 10.2 Å². The topological polar surface area (TPSA) is 33.7 Å². The Hall–Kier alpha value is 0.0569. The van der Waals surface area contributed by atoms with Crippen molar-refractivity contribution < 1.29 is 8.85 Å². The van der Waals surface area contributed by atoms with Crippen LogP contribution in [0.4, 0.5) is 0 Å². The fraction of sp³-hybridized carbons (Fsp3) is 1.00. The van der Waals surface area contributed by atoms with E-state index in [4.69, 9.17) is 8.85 Å². The molecule has 1 fully saturated rings. The van der Waals surface area contributed by atoms with Crippen LogP contribution in [0.1, 0.15) is 33.1 Å². The minimum Gasteiger partial charge on any atom is -0.397 e. The number of nitrogens with zero attached hydrogens (tertiary/aromatic N) is 1. The molecule has 0 aliphatic carbocycles. The second kappa shape index (κ2) is 10.9. The molecule has 0 unspecified atom stereocenters. The summed E-state index contributed by atoms with van der Waals surface area (Å²) in [6.45, 7) is 11.9. The molecule has 1 N–H and O–H groups in total. The van der Waals surface area contributed by atoms with Gasteiger partial charge in [0.25, 0.3) is 0 Å². The Labute approximate surface area is 114 Å². The molecule has 1 aliphatic heterocycles. The van der Waals surface area contributed by atoms with Gasteiger partial charge in [-0.25, -0.2) is 0 Å². The van der Waals surface area contributed by atoms with Crippen molar-refractivity contribution in [2.45, 2.75) is 39.2 Å².